The first kappa shape index (κ1) is 12.4. The molecule has 0 radical (unpaired) electrons. The van der Waals surface area contributed by atoms with Gasteiger partial charge < -0.3 is 10.2 Å². The fourth-order valence-corrected chi connectivity index (χ4v) is 1.97. The minimum atomic E-state index is 0.0175. The standard InChI is InChI=1S/C10H18N2O2S/c1-8(13)11-6-9-2-4-12(5-3-9)10(14)7-15/h9,15H,2-7H2,1H3,(H,11,13). The summed E-state index contributed by atoms with van der Waals surface area (Å²) in [5, 5.41) is 2.82. The molecular formula is C10H18N2O2S. The second-order valence-corrected chi connectivity index (χ2v) is 4.24. The molecule has 0 aromatic carbocycles. The Kier molecular flexibility index (Phi) is 4.94. The molecule has 0 aliphatic carbocycles. The van der Waals surface area contributed by atoms with Crippen LogP contribution in [0.3, 0.4) is 0 Å². The number of nitrogens with one attached hydrogen (secondary N) is 1. The van der Waals surface area contributed by atoms with E-state index in [0.29, 0.717) is 5.92 Å². The lowest BCUT2D eigenvalue weighted by atomic mass is 9.97. The van der Waals surface area contributed by atoms with Crippen LogP contribution in [0.1, 0.15) is 19.8 Å². The molecule has 2 amide bonds. The van der Waals surface area contributed by atoms with E-state index in [-0.39, 0.29) is 17.6 Å². The molecular weight excluding hydrogens is 212 g/mol. The van der Waals surface area contributed by atoms with Gasteiger partial charge in [0.1, 0.15) is 0 Å². The molecule has 1 aliphatic rings. The first-order valence-electron chi connectivity index (χ1n) is 5.26. The molecule has 15 heavy (non-hydrogen) atoms. The third kappa shape index (κ3) is 4.11. The van der Waals surface area contributed by atoms with Crippen molar-refractivity contribution >= 4 is 24.4 Å². The molecule has 1 rings (SSSR count). The molecule has 5 heteroatoms. The zero-order chi connectivity index (χ0) is 11.3. The van der Waals surface area contributed by atoms with E-state index < -0.39 is 0 Å². The average molecular weight is 230 g/mol. The summed E-state index contributed by atoms with van der Waals surface area (Å²) in [6.07, 6.45) is 1.94. The maximum Gasteiger partial charge on any atom is 0.232 e. The van der Waals surface area contributed by atoms with Gasteiger partial charge in [0.15, 0.2) is 0 Å². The van der Waals surface area contributed by atoms with E-state index in [1.54, 1.807) is 0 Å². The predicted octanol–water partition coefficient (Wildman–Crippen LogP) is 0.291. The SMILES string of the molecule is CC(=O)NCC1CCN(C(=O)CS)CC1. The lowest BCUT2D eigenvalue weighted by Gasteiger charge is -2.31. The number of carbonyl (C=O) groups is 2. The molecule has 1 aliphatic heterocycles. The van der Waals surface area contributed by atoms with E-state index in [9.17, 15) is 9.59 Å². The molecule has 0 saturated carbocycles. The van der Waals surface area contributed by atoms with Crippen LogP contribution in [-0.4, -0.2) is 42.1 Å². The van der Waals surface area contributed by atoms with Crippen molar-refractivity contribution in [3.05, 3.63) is 0 Å². The van der Waals surface area contributed by atoms with Gasteiger partial charge in [-0.2, -0.15) is 12.6 Å². The number of nitrogens with zero attached hydrogens (tertiary/aromatic N) is 1. The first-order valence-corrected chi connectivity index (χ1v) is 5.89. The van der Waals surface area contributed by atoms with Gasteiger partial charge in [-0.3, -0.25) is 9.59 Å². The van der Waals surface area contributed by atoms with Gasteiger partial charge in [-0.1, -0.05) is 0 Å². The van der Waals surface area contributed by atoms with Crippen LogP contribution in [0.5, 0.6) is 0 Å². The van der Waals surface area contributed by atoms with Crippen molar-refractivity contribution in [1.29, 1.82) is 0 Å². The monoisotopic (exact) mass is 230 g/mol. The van der Waals surface area contributed by atoms with E-state index in [4.69, 9.17) is 0 Å². The van der Waals surface area contributed by atoms with Gasteiger partial charge >= 0.3 is 0 Å². The van der Waals surface area contributed by atoms with E-state index in [2.05, 4.69) is 17.9 Å². The molecule has 0 bridgehead atoms. The van der Waals surface area contributed by atoms with Crippen molar-refractivity contribution in [1.82, 2.24) is 10.2 Å². The molecule has 0 atom stereocenters. The van der Waals surface area contributed by atoms with Gasteiger partial charge in [-0.15, -0.1) is 0 Å². The quantitative estimate of drug-likeness (QED) is 0.685. The smallest absolute Gasteiger partial charge is 0.232 e. The number of amides is 2. The molecule has 1 saturated heterocycles. The molecule has 0 unspecified atom stereocenters. The van der Waals surface area contributed by atoms with Crippen LogP contribution in [0.2, 0.25) is 0 Å². The number of piperidine rings is 1. The van der Waals surface area contributed by atoms with Gasteiger partial charge in [0.25, 0.3) is 0 Å². The van der Waals surface area contributed by atoms with Gasteiger partial charge in [0, 0.05) is 26.6 Å². The normalized spacial score (nSPS) is 17.6. The highest BCUT2D eigenvalue weighted by Gasteiger charge is 2.21. The van der Waals surface area contributed by atoms with Crippen molar-refractivity contribution in [3.8, 4) is 0 Å². The number of thiol groups is 1. The molecule has 4 nitrogen and oxygen atoms in total. The maximum atomic E-state index is 11.3. The van der Waals surface area contributed by atoms with Crippen molar-refractivity contribution in [3.63, 3.8) is 0 Å². The Bertz CT molecular complexity index is 238. The number of hydrogen-bond acceptors (Lipinski definition) is 3. The summed E-state index contributed by atoms with van der Waals surface area (Å²) in [4.78, 5) is 23.9. The van der Waals surface area contributed by atoms with E-state index in [0.717, 1.165) is 32.5 Å². The summed E-state index contributed by atoms with van der Waals surface area (Å²) in [6.45, 7) is 3.85. The Hall–Kier alpha value is -0.710. The summed E-state index contributed by atoms with van der Waals surface area (Å²) in [5.41, 5.74) is 0. The number of hydrogen-bond donors (Lipinski definition) is 2. The van der Waals surface area contributed by atoms with Gasteiger partial charge in [-0.25, -0.2) is 0 Å². The highest BCUT2D eigenvalue weighted by Crippen LogP contribution is 2.16. The zero-order valence-electron chi connectivity index (χ0n) is 9.03. The Labute approximate surface area is 95.8 Å². The van der Waals surface area contributed by atoms with Crippen LogP contribution in [0.15, 0.2) is 0 Å². The summed E-state index contributed by atoms with van der Waals surface area (Å²) in [6, 6.07) is 0. The van der Waals surface area contributed by atoms with Gasteiger partial charge in [-0.05, 0) is 18.8 Å². The van der Waals surface area contributed by atoms with Crippen LogP contribution in [0.25, 0.3) is 0 Å². The molecule has 1 heterocycles. The maximum absolute atomic E-state index is 11.3. The summed E-state index contributed by atoms with van der Waals surface area (Å²) >= 11 is 3.97. The largest absolute Gasteiger partial charge is 0.356 e. The third-order valence-electron chi connectivity index (χ3n) is 2.74. The van der Waals surface area contributed by atoms with Crippen molar-refractivity contribution in [2.75, 3.05) is 25.4 Å². The number of likely N-dealkylation sites (tertiary alicyclic amines) is 1. The Balaban J connectivity index is 2.23. The summed E-state index contributed by atoms with van der Waals surface area (Å²) in [5.74, 6) is 0.925. The molecule has 86 valence electrons. The van der Waals surface area contributed by atoms with Crippen molar-refractivity contribution in [2.24, 2.45) is 5.92 Å². The van der Waals surface area contributed by atoms with E-state index >= 15 is 0 Å². The highest BCUT2D eigenvalue weighted by molar-refractivity contribution is 7.81. The minimum Gasteiger partial charge on any atom is -0.356 e. The molecule has 0 aromatic rings. The topological polar surface area (TPSA) is 49.4 Å². The van der Waals surface area contributed by atoms with E-state index in [1.165, 1.54) is 6.92 Å². The molecule has 1 N–H and O–H groups in total. The fraction of sp³-hybridized carbons (Fsp3) is 0.800. The Morgan fingerprint density at radius 1 is 1.40 bits per heavy atom. The second-order valence-electron chi connectivity index (χ2n) is 3.92. The van der Waals surface area contributed by atoms with Crippen LogP contribution < -0.4 is 5.32 Å². The van der Waals surface area contributed by atoms with Crippen LogP contribution in [-0.2, 0) is 9.59 Å². The predicted molar refractivity (Wildman–Crippen MR) is 61.8 cm³/mol. The van der Waals surface area contributed by atoms with Crippen molar-refractivity contribution in [2.45, 2.75) is 19.8 Å². The van der Waals surface area contributed by atoms with Crippen LogP contribution in [0.4, 0.5) is 0 Å². The lowest BCUT2D eigenvalue weighted by molar-refractivity contribution is -0.130. The van der Waals surface area contributed by atoms with Crippen LogP contribution >= 0.6 is 12.6 Å². The van der Waals surface area contributed by atoms with Gasteiger partial charge in [0.05, 0.1) is 5.75 Å². The zero-order valence-corrected chi connectivity index (χ0v) is 9.93. The average Bonchev–Trinajstić information content (AvgIpc) is 2.26. The first-order chi connectivity index (χ1) is 7.13. The Morgan fingerprint density at radius 2 is 2.00 bits per heavy atom. The third-order valence-corrected chi connectivity index (χ3v) is 3.01. The highest BCUT2D eigenvalue weighted by atomic mass is 32.1. The molecule has 1 fully saturated rings. The molecule has 0 spiro atoms. The summed E-state index contributed by atoms with van der Waals surface area (Å²) in [7, 11) is 0. The van der Waals surface area contributed by atoms with Crippen LogP contribution in [0, 0.1) is 5.92 Å². The fourth-order valence-electron chi connectivity index (χ4n) is 1.77. The minimum absolute atomic E-state index is 0.0175. The second kappa shape index (κ2) is 6.00. The molecule has 0 aromatic heterocycles. The van der Waals surface area contributed by atoms with Crippen molar-refractivity contribution < 1.29 is 9.59 Å². The van der Waals surface area contributed by atoms with E-state index in [1.807, 2.05) is 4.90 Å². The number of carbonyl (C=O) groups excluding carboxylic acids is 2. The number of rotatable bonds is 3. The lowest BCUT2D eigenvalue weighted by Crippen LogP contribution is -2.41. The van der Waals surface area contributed by atoms with Gasteiger partial charge in [0.2, 0.25) is 11.8 Å². The summed E-state index contributed by atoms with van der Waals surface area (Å²) < 4.78 is 0. The Morgan fingerprint density at radius 3 is 2.47 bits per heavy atom.